The lowest BCUT2D eigenvalue weighted by atomic mass is 10.0. The van der Waals surface area contributed by atoms with Crippen LogP contribution in [0, 0.1) is 6.92 Å². The quantitative estimate of drug-likeness (QED) is 0.230. The first kappa shape index (κ1) is 26.7. The monoisotopic (exact) mass is 596 g/mol. The van der Waals surface area contributed by atoms with E-state index >= 15 is 4.39 Å². The van der Waals surface area contributed by atoms with Crippen molar-refractivity contribution in [2.24, 2.45) is 0 Å². The Kier molecular flexibility index (Phi) is 7.30. The highest BCUT2D eigenvalue weighted by molar-refractivity contribution is 9.10. The SMILES string of the molecule is CC(=O)c1nn([C@H](F)C(=O)N2C[C@H](F)C[C@H]2C(=O)Cc2cccc(Br)n2)c2ccc(-c3cnc(C)nc3)cc12. The van der Waals surface area contributed by atoms with Crippen LogP contribution in [0.15, 0.2) is 53.4 Å². The van der Waals surface area contributed by atoms with Crippen LogP contribution in [-0.4, -0.2) is 65.9 Å². The summed E-state index contributed by atoms with van der Waals surface area (Å²) in [5, 5.41) is 4.46. The van der Waals surface area contributed by atoms with Gasteiger partial charge in [0.05, 0.1) is 24.5 Å². The highest BCUT2D eigenvalue weighted by atomic mass is 79.9. The summed E-state index contributed by atoms with van der Waals surface area (Å²) in [7, 11) is 0. The second-order valence-electron chi connectivity index (χ2n) is 9.37. The number of Topliss-reactive ketones (excluding diaryl/α,β-unsaturated/α-hetero) is 2. The second-order valence-corrected chi connectivity index (χ2v) is 10.2. The van der Waals surface area contributed by atoms with Crippen molar-refractivity contribution in [3.05, 3.63) is 70.6 Å². The summed E-state index contributed by atoms with van der Waals surface area (Å²) < 4.78 is 31.6. The smallest absolute Gasteiger partial charge is 0.280 e. The molecule has 4 heterocycles. The minimum Gasteiger partial charge on any atom is -0.325 e. The molecule has 1 aliphatic rings. The van der Waals surface area contributed by atoms with E-state index in [4.69, 9.17) is 0 Å². The zero-order valence-corrected chi connectivity index (χ0v) is 22.6. The minimum atomic E-state index is -2.38. The van der Waals surface area contributed by atoms with Crippen LogP contribution >= 0.6 is 15.9 Å². The third kappa shape index (κ3) is 5.33. The van der Waals surface area contributed by atoms with Crippen LogP contribution in [0.2, 0.25) is 0 Å². The first-order valence-electron chi connectivity index (χ1n) is 12.2. The molecule has 0 spiro atoms. The summed E-state index contributed by atoms with van der Waals surface area (Å²) in [4.78, 5) is 52.2. The van der Waals surface area contributed by atoms with Gasteiger partial charge in [-0.3, -0.25) is 14.4 Å². The average molecular weight is 597 g/mol. The van der Waals surface area contributed by atoms with Crippen molar-refractivity contribution in [3.63, 3.8) is 0 Å². The third-order valence-corrected chi connectivity index (χ3v) is 7.05. The largest absolute Gasteiger partial charge is 0.325 e. The first-order chi connectivity index (χ1) is 18.6. The van der Waals surface area contributed by atoms with Crippen LogP contribution in [0.25, 0.3) is 22.0 Å². The normalized spacial score (nSPS) is 17.9. The summed E-state index contributed by atoms with van der Waals surface area (Å²) in [6.07, 6.45) is -0.964. The number of hydrogen-bond donors (Lipinski definition) is 0. The number of likely N-dealkylation sites (tertiary alicyclic amines) is 1. The van der Waals surface area contributed by atoms with E-state index in [1.54, 1.807) is 55.7 Å². The Labute approximate surface area is 230 Å². The number of carbonyl (C=O) groups is 3. The van der Waals surface area contributed by atoms with Gasteiger partial charge in [-0.15, -0.1) is 0 Å². The number of alkyl halides is 2. The molecule has 0 N–H and O–H groups in total. The number of aromatic nitrogens is 5. The summed E-state index contributed by atoms with van der Waals surface area (Å²) in [6, 6.07) is 8.80. The molecule has 5 rings (SSSR count). The van der Waals surface area contributed by atoms with Gasteiger partial charge in [0.1, 0.15) is 22.3 Å². The molecule has 1 amide bonds. The number of aryl methyl sites for hydroxylation is 1. The maximum atomic E-state index is 15.8. The van der Waals surface area contributed by atoms with Gasteiger partial charge in [-0.25, -0.2) is 28.4 Å². The van der Waals surface area contributed by atoms with Crippen molar-refractivity contribution >= 4 is 44.3 Å². The Morgan fingerprint density at radius 1 is 1.13 bits per heavy atom. The molecule has 3 atom stereocenters. The summed E-state index contributed by atoms with van der Waals surface area (Å²) in [6.45, 7) is 2.63. The fraction of sp³-hybridized carbons (Fsp3) is 0.296. The number of ketones is 2. The molecule has 200 valence electrons. The second kappa shape index (κ2) is 10.7. The van der Waals surface area contributed by atoms with E-state index in [1.165, 1.54) is 6.92 Å². The molecular weight excluding hydrogens is 574 g/mol. The number of rotatable bonds is 7. The Bertz CT molecular complexity index is 1590. The molecule has 1 fully saturated rings. The predicted octanol–water partition coefficient (Wildman–Crippen LogP) is 4.38. The van der Waals surface area contributed by atoms with Crippen LogP contribution in [0.4, 0.5) is 8.78 Å². The Balaban J connectivity index is 1.45. The number of halogens is 3. The zero-order chi connectivity index (χ0) is 27.8. The first-order valence-corrected chi connectivity index (χ1v) is 13.0. The number of benzene rings is 1. The number of nitrogens with zero attached hydrogens (tertiary/aromatic N) is 6. The fourth-order valence-electron chi connectivity index (χ4n) is 4.72. The maximum absolute atomic E-state index is 15.8. The van der Waals surface area contributed by atoms with Gasteiger partial charge < -0.3 is 4.90 Å². The summed E-state index contributed by atoms with van der Waals surface area (Å²) in [5.74, 6) is -1.37. The third-order valence-electron chi connectivity index (χ3n) is 6.61. The molecule has 1 aromatic carbocycles. The molecule has 1 saturated heterocycles. The number of carbonyl (C=O) groups excluding carboxylic acids is 3. The minimum absolute atomic E-state index is 0.0199. The van der Waals surface area contributed by atoms with Crippen LogP contribution in [0.3, 0.4) is 0 Å². The van der Waals surface area contributed by atoms with Crippen LogP contribution < -0.4 is 0 Å². The number of amides is 1. The molecule has 3 aromatic heterocycles. The number of hydrogen-bond acceptors (Lipinski definition) is 7. The van der Waals surface area contributed by atoms with Gasteiger partial charge >= 0.3 is 0 Å². The average Bonchev–Trinajstić information content (AvgIpc) is 3.49. The standard InChI is InChI=1S/C27H23BrF2N6O3/c1-14(37)25-20-8-16(17-11-31-15(2)32-12-17)6-7-21(20)36(34-25)26(30)27(39)35-13-18(29)9-22(35)23(38)10-19-4-3-5-24(28)33-19/h3-8,11-12,18,22,26H,9-10,13H2,1-2H3/t18-,22+,26+/m1/s1. The van der Waals surface area contributed by atoms with Crippen molar-refractivity contribution < 1.29 is 23.2 Å². The summed E-state index contributed by atoms with van der Waals surface area (Å²) >= 11 is 3.24. The molecule has 0 bridgehead atoms. The van der Waals surface area contributed by atoms with Crippen LogP contribution in [0.5, 0.6) is 0 Å². The molecular formula is C27H23BrF2N6O3. The molecule has 0 radical (unpaired) electrons. The maximum Gasteiger partial charge on any atom is 0.280 e. The van der Waals surface area contributed by atoms with Gasteiger partial charge in [-0.1, -0.05) is 12.1 Å². The Morgan fingerprint density at radius 2 is 1.87 bits per heavy atom. The number of pyridine rings is 1. The highest BCUT2D eigenvalue weighted by Crippen LogP contribution is 2.31. The lowest BCUT2D eigenvalue weighted by Gasteiger charge is -2.25. The summed E-state index contributed by atoms with van der Waals surface area (Å²) in [5.41, 5.74) is 1.99. The zero-order valence-electron chi connectivity index (χ0n) is 21.0. The van der Waals surface area contributed by atoms with Crippen LogP contribution in [-0.2, 0) is 16.0 Å². The lowest BCUT2D eigenvalue weighted by Crippen LogP contribution is -2.44. The van der Waals surface area contributed by atoms with Gasteiger partial charge in [0.25, 0.3) is 12.2 Å². The van der Waals surface area contributed by atoms with Crippen molar-refractivity contribution in [3.8, 4) is 11.1 Å². The predicted molar refractivity (Wildman–Crippen MR) is 141 cm³/mol. The van der Waals surface area contributed by atoms with E-state index in [0.717, 1.165) is 9.58 Å². The van der Waals surface area contributed by atoms with E-state index in [0.29, 0.717) is 32.6 Å². The van der Waals surface area contributed by atoms with E-state index in [1.807, 2.05) is 0 Å². The molecule has 9 nitrogen and oxygen atoms in total. The fourth-order valence-corrected chi connectivity index (χ4v) is 5.10. The van der Waals surface area contributed by atoms with E-state index in [-0.39, 0.29) is 24.1 Å². The van der Waals surface area contributed by atoms with Crippen molar-refractivity contribution in [2.45, 2.75) is 45.2 Å². The van der Waals surface area contributed by atoms with Gasteiger partial charge in [0.2, 0.25) is 0 Å². The van der Waals surface area contributed by atoms with Gasteiger partial charge in [-0.2, -0.15) is 5.10 Å². The molecule has 1 aliphatic heterocycles. The van der Waals surface area contributed by atoms with Crippen LogP contribution in [0.1, 0.15) is 41.6 Å². The van der Waals surface area contributed by atoms with Gasteiger partial charge in [-0.05, 0) is 52.7 Å². The molecule has 0 saturated carbocycles. The Hall–Kier alpha value is -3.93. The van der Waals surface area contributed by atoms with Gasteiger partial charge in [0.15, 0.2) is 11.6 Å². The van der Waals surface area contributed by atoms with Crippen molar-refractivity contribution in [1.82, 2.24) is 29.6 Å². The molecule has 4 aromatic rings. The van der Waals surface area contributed by atoms with Crippen molar-refractivity contribution in [2.75, 3.05) is 6.54 Å². The van der Waals surface area contributed by atoms with Crippen molar-refractivity contribution in [1.29, 1.82) is 0 Å². The molecule has 0 unspecified atom stereocenters. The van der Waals surface area contributed by atoms with Gasteiger partial charge in [0, 0.05) is 42.4 Å². The number of fused-ring (bicyclic) bond motifs is 1. The van der Waals surface area contributed by atoms with E-state index < -0.39 is 42.5 Å². The topological polar surface area (TPSA) is 111 Å². The van der Waals surface area contributed by atoms with E-state index in [9.17, 15) is 18.8 Å². The van der Waals surface area contributed by atoms with E-state index in [2.05, 4.69) is 36.0 Å². The molecule has 0 aliphatic carbocycles. The molecule has 39 heavy (non-hydrogen) atoms. The Morgan fingerprint density at radius 3 is 2.56 bits per heavy atom. The molecule has 12 heteroatoms. The highest BCUT2D eigenvalue weighted by Gasteiger charge is 2.43. The lowest BCUT2D eigenvalue weighted by molar-refractivity contribution is -0.144.